The van der Waals surface area contributed by atoms with Crippen LogP contribution in [0.25, 0.3) is 0 Å². The third-order valence-electron chi connectivity index (χ3n) is 2.44. The molecule has 4 nitrogen and oxygen atoms in total. The fourth-order valence-electron chi connectivity index (χ4n) is 1.89. The Morgan fingerprint density at radius 1 is 1.50 bits per heavy atom. The van der Waals surface area contributed by atoms with E-state index in [4.69, 9.17) is 10.00 Å². The summed E-state index contributed by atoms with van der Waals surface area (Å²) in [4.78, 5) is 2.28. The number of nitrogens with zero attached hydrogens (tertiary/aromatic N) is 2. The van der Waals surface area contributed by atoms with Crippen LogP contribution in [-0.2, 0) is 4.74 Å². The molecule has 0 amide bonds. The van der Waals surface area contributed by atoms with E-state index in [2.05, 4.69) is 30.1 Å². The highest BCUT2D eigenvalue weighted by molar-refractivity contribution is 4.92. The Hall–Kier alpha value is -0.630. The van der Waals surface area contributed by atoms with Crippen molar-refractivity contribution in [1.82, 2.24) is 10.2 Å². The van der Waals surface area contributed by atoms with Crippen molar-refractivity contribution in [2.75, 3.05) is 26.7 Å². The van der Waals surface area contributed by atoms with Gasteiger partial charge in [0.05, 0.1) is 18.3 Å². The number of likely N-dealkylation sites (N-methyl/N-ethyl adjacent to an activating group) is 1. The summed E-state index contributed by atoms with van der Waals surface area (Å²) in [6.07, 6.45) is 0.546. The van der Waals surface area contributed by atoms with Gasteiger partial charge in [-0.3, -0.25) is 4.90 Å². The van der Waals surface area contributed by atoms with E-state index < -0.39 is 0 Å². The number of morpholine rings is 1. The van der Waals surface area contributed by atoms with Crippen LogP contribution in [0.4, 0.5) is 0 Å². The summed E-state index contributed by atoms with van der Waals surface area (Å²) in [5.41, 5.74) is 0. The van der Waals surface area contributed by atoms with Crippen molar-refractivity contribution in [1.29, 1.82) is 5.26 Å². The molecule has 1 N–H and O–H groups in total. The lowest BCUT2D eigenvalue weighted by Crippen LogP contribution is -2.49. The minimum atomic E-state index is -0.0764. The van der Waals surface area contributed by atoms with Crippen LogP contribution in [-0.4, -0.2) is 49.8 Å². The summed E-state index contributed by atoms with van der Waals surface area (Å²) in [6, 6.07) is 2.16. The molecule has 1 heterocycles. The molecule has 0 aromatic carbocycles. The molecule has 4 heteroatoms. The highest BCUT2D eigenvalue weighted by Gasteiger charge is 2.23. The largest absolute Gasteiger partial charge is 0.373 e. The number of ether oxygens (including phenoxy) is 1. The van der Waals surface area contributed by atoms with E-state index in [-0.39, 0.29) is 18.2 Å². The van der Waals surface area contributed by atoms with Gasteiger partial charge < -0.3 is 10.1 Å². The van der Waals surface area contributed by atoms with Gasteiger partial charge in [0.1, 0.15) is 6.04 Å². The third kappa shape index (κ3) is 3.26. The molecule has 0 bridgehead atoms. The predicted octanol–water partition coefficient (Wildman–Crippen LogP) is 0.207. The summed E-state index contributed by atoms with van der Waals surface area (Å²) < 4.78 is 5.62. The van der Waals surface area contributed by atoms with Gasteiger partial charge >= 0.3 is 0 Å². The number of rotatable bonds is 3. The van der Waals surface area contributed by atoms with E-state index in [0.717, 1.165) is 19.6 Å². The first kappa shape index (κ1) is 11.4. The molecule has 1 aliphatic rings. The molecular weight excluding hydrogens is 178 g/mol. The molecule has 0 spiro atoms. The molecule has 1 rings (SSSR count). The molecule has 0 aromatic heterocycles. The number of hydrogen-bond acceptors (Lipinski definition) is 4. The van der Waals surface area contributed by atoms with E-state index in [1.165, 1.54) is 0 Å². The molecule has 0 aliphatic carbocycles. The Morgan fingerprint density at radius 2 is 2.07 bits per heavy atom. The smallest absolute Gasteiger partial charge is 0.108 e. The van der Waals surface area contributed by atoms with Crippen molar-refractivity contribution in [3.05, 3.63) is 0 Å². The fraction of sp³-hybridized carbons (Fsp3) is 0.900. The van der Waals surface area contributed by atoms with E-state index >= 15 is 0 Å². The molecule has 1 unspecified atom stereocenters. The standard InChI is InChI=1S/C10H19N3O/c1-8-5-13(6-9(2)14-8)7-10(4-11)12-3/h8-10,12H,5-7H2,1-3H3/t8-,9+,10?. The van der Waals surface area contributed by atoms with Crippen molar-refractivity contribution in [3.8, 4) is 6.07 Å². The summed E-state index contributed by atoms with van der Waals surface area (Å²) in [7, 11) is 1.82. The number of nitriles is 1. The lowest BCUT2D eigenvalue weighted by atomic mass is 10.2. The summed E-state index contributed by atoms with van der Waals surface area (Å²) in [6.45, 7) is 6.77. The molecule has 0 saturated carbocycles. The molecule has 1 saturated heterocycles. The minimum Gasteiger partial charge on any atom is -0.373 e. The summed E-state index contributed by atoms with van der Waals surface area (Å²) in [5.74, 6) is 0. The number of nitrogens with one attached hydrogen (secondary N) is 1. The molecule has 0 radical (unpaired) electrons. The van der Waals surface area contributed by atoms with Gasteiger partial charge in [0, 0.05) is 19.6 Å². The van der Waals surface area contributed by atoms with Gasteiger partial charge in [-0.15, -0.1) is 0 Å². The van der Waals surface area contributed by atoms with E-state index in [1.54, 1.807) is 0 Å². The van der Waals surface area contributed by atoms with Crippen molar-refractivity contribution in [3.63, 3.8) is 0 Å². The SMILES string of the molecule is CNC(C#N)CN1C[C@@H](C)O[C@@H](C)C1. The van der Waals surface area contributed by atoms with Crippen LogP contribution < -0.4 is 5.32 Å². The van der Waals surface area contributed by atoms with Gasteiger partial charge in [0.15, 0.2) is 0 Å². The van der Waals surface area contributed by atoms with Gasteiger partial charge in [-0.05, 0) is 20.9 Å². The summed E-state index contributed by atoms with van der Waals surface area (Å²) in [5, 5.41) is 11.8. The Labute approximate surface area is 85.8 Å². The fourth-order valence-corrected chi connectivity index (χ4v) is 1.89. The van der Waals surface area contributed by atoms with Gasteiger partial charge in [0.2, 0.25) is 0 Å². The van der Waals surface area contributed by atoms with Crippen molar-refractivity contribution >= 4 is 0 Å². The average molecular weight is 197 g/mol. The Morgan fingerprint density at radius 3 is 2.50 bits per heavy atom. The molecular formula is C10H19N3O. The Kier molecular flexibility index (Phi) is 4.33. The molecule has 80 valence electrons. The van der Waals surface area contributed by atoms with Gasteiger partial charge in [-0.2, -0.15) is 5.26 Å². The lowest BCUT2D eigenvalue weighted by molar-refractivity contribution is -0.0686. The third-order valence-corrected chi connectivity index (χ3v) is 2.44. The molecule has 1 aliphatic heterocycles. The Bertz CT molecular complexity index is 204. The zero-order valence-electron chi connectivity index (χ0n) is 9.16. The van der Waals surface area contributed by atoms with Crippen LogP contribution in [0, 0.1) is 11.3 Å². The molecule has 14 heavy (non-hydrogen) atoms. The predicted molar refractivity (Wildman–Crippen MR) is 54.9 cm³/mol. The zero-order valence-corrected chi connectivity index (χ0v) is 9.16. The van der Waals surface area contributed by atoms with E-state index in [1.807, 2.05) is 7.05 Å². The van der Waals surface area contributed by atoms with Gasteiger partial charge in [-0.1, -0.05) is 0 Å². The lowest BCUT2D eigenvalue weighted by Gasteiger charge is -2.36. The van der Waals surface area contributed by atoms with Gasteiger partial charge in [0.25, 0.3) is 0 Å². The maximum absolute atomic E-state index is 8.82. The first-order valence-corrected chi connectivity index (χ1v) is 5.10. The van der Waals surface area contributed by atoms with E-state index in [9.17, 15) is 0 Å². The van der Waals surface area contributed by atoms with Crippen molar-refractivity contribution in [2.45, 2.75) is 32.1 Å². The molecule has 1 fully saturated rings. The monoisotopic (exact) mass is 197 g/mol. The van der Waals surface area contributed by atoms with Crippen LogP contribution in [0.5, 0.6) is 0 Å². The second-order valence-corrected chi connectivity index (χ2v) is 3.95. The van der Waals surface area contributed by atoms with Crippen LogP contribution in [0.2, 0.25) is 0 Å². The molecule has 0 aromatic rings. The zero-order chi connectivity index (χ0) is 10.6. The second kappa shape index (κ2) is 5.30. The van der Waals surface area contributed by atoms with Gasteiger partial charge in [-0.25, -0.2) is 0 Å². The highest BCUT2D eigenvalue weighted by Crippen LogP contribution is 2.10. The first-order valence-electron chi connectivity index (χ1n) is 5.10. The topological polar surface area (TPSA) is 48.3 Å². The average Bonchev–Trinajstić information content (AvgIpc) is 2.12. The minimum absolute atomic E-state index is 0.0764. The normalized spacial score (nSPS) is 31.0. The number of hydrogen-bond donors (Lipinski definition) is 1. The maximum Gasteiger partial charge on any atom is 0.108 e. The maximum atomic E-state index is 8.82. The van der Waals surface area contributed by atoms with Crippen LogP contribution >= 0.6 is 0 Å². The summed E-state index contributed by atoms with van der Waals surface area (Å²) >= 11 is 0. The quantitative estimate of drug-likeness (QED) is 0.702. The van der Waals surface area contributed by atoms with Crippen molar-refractivity contribution in [2.24, 2.45) is 0 Å². The van der Waals surface area contributed by atoms with E-state index in [0.29, 0.717) is 0 Å². The van der Waals surface area contributed by atoms with Crippen LogP contribution in [0.15, 0.2) is 0 Å². The van der Waals surface area contributed by atoms with Crippen LogP contribution in [0.3, 0.4) is 0 Å². The highest BCUT2D eigenvalue weighted by atomic mass is 16.5. The first-order chi connectivity index (χ1) is 6.65. The van der Waals surface area contributed by atoms with Crippen molar-refractivity contribution < 1.29 is 4.74 Å². The van der Waals surface area contributed by atoms with Crippen LogP contribution in [0.1, 0.15) is 13.8 Å². The Balaban J connectivity index is 2.40. The second-order valence-electron chi connectivity index (χ2n) is 3.95. The molecule has 3 atom stereocenters.